The van der Waals surface area contributed by atoms with Crippen LogP contribution < -0.4 is 10.9 Å². The maximum absolute atomic E-state index is 12.0. The quantitative estimate of drug-likeness (QED) is 0.928. The molecule has 3 rings (SSSR count). The van der Waals surface area contributed by atoms with E-state index in [9.17, 15) is 4.79 Å². The average molecular weight is 310 g/mol. The van der Waals surface area contributed by atoms with Crippen molar-refractivity contribution in [3.63, 3.8) is 0 Å². The summed E-state index contributed by atoms with van der Waals surface area (Å²) in [4.78, 5) is 12.0. The minimum absolute atomic E-state index is 0.0484. The van der Waals surface area contributed by atoms with Crippen molar-refractivity contribution in [1.82, 2.24) is 20.0 Å². The first-order valence-electron chi connectivity index (χ1n) is 7.72. The van der Waals surface area contributed by atoms with Crippen LogP contribution in [0.4, 0.5) is 5.82 Å². The number of hydrogen-bond donors (Lipinski definition) is 1. The minimum atomic E-state index is -0.0484. The van der Waals surface area contributed by atoms with E-state index in [-0.39, 0.29) is 17.6 Å². The smallest absolute Gasteiger partial charge is 0.267 e. The average Bonchev–Trinajstić information content (AvgIpc) is 2.58. The van der Waals surface area contributed by atoms with Gasteiger partial charge in [-0.3, -0.25) is 4.79 Å². The van der Waals surface area contributed by atoms with Crippen LogP contribution in [0.15, 0.2) is 29.2 Å². The Kier molecular flexibility index (Phi) is 4.33. The molecule has 0 radical (unpaired) electrons. The van der Waals surface area contributed by atoms with E-state index in [0.29, 0.717) is 11.4 Å². The largest absolute Gasteiger partial charge is 0.365 e. The highest BCUT2D eigenvalue weighted by Crippen LogP contribution is 2.28. The molecule has 1 fully saturated rings. The molecule has 0 spiro atoms. The second kappa shape index (κ2) is 6.57. The molecule has 2 aromatic rings. The molecule has 2 heterocycles. The predicted octanol–water partition coefficient (Wildman–Crippen LogP) is 1.81. The normalized spacial score (nSPS) is 20.7. The Hall–Kier alpha value is -2.75. The molecular weight excluding hydrogens is 292 g/mol. The lowest BCUT2D eigenvalue weighted by molar-refractivity contribution is 0.302. The predicted molar refractivity (Wildman–Crippen MR) is 84.9 cm³/mol. The van der Waals surface area contributed by atoms with Crippen LogP contribution in [0.1, 0.15) is 43.0 Å². The molecule has 1 saturated carbocycles. The van der Waals surface area contributed by atoms with Crippen molar-refractivity contribution >= 4 is 5.82 Å². The SMILES string of the molecule is Cc1ccc(=O)n(C2CCC(Nc3nnccc3C#N)CC2)n1. The fourth-order valence-electron chi connectivity index (χ4n) is 2.97. The van der Waals surface area contributed by atoms with E-state index in [1.54, 1.807) is 22.9 Å². The first-order valence-corrected chi connectivity index (χ1v) is 7.72. The van der Waals surface area contributed by atoms with Gasteiger partial charge in [0.05, 0.1) is 23.5 Å². The summed E-state index contributed by atoms with van der Waals surface area (Å²) < 4.78 is 1.61. The summed E-state index contributed by atoms with van der Waals surface area (Å²) in [5.74, 6) is 0.532. The number of rotatable bonds is 3. The van der Waals surface area contributed by atoms with Crippen LogP contribution in [0.2, 0.25) is 0 Å². The Morgan fingerprint density at radius 2 is 2.04 bits per heavy atom. The lowest BCUT2D eigenvalue weighted by Gasteiger charge is -2.29. The molecule has 7 heteroatoms. The molecule has 0 atom stereocenters. The molecule has 0 unspecified atom stereocenters. The Morgan fingerprint density at radius 1 is 1.26 bits per heavy atom. The Bertz CT molecular complexity index is 786. The second-order valence-corrected chi connectivity index (χ2v) is 5.81. The fraction of sp³-hybridized carbons (Fsp3) is 0.438. The third kappa shape index (κ3) is 3.37. The number of anilines is 1. The Morgan fingerprint density at radius 3 is 2.78 bits per heavy atom. The van der Waals surface area contributed by atoms with Gasteiger partial charge >= 0.3 is 0 Å². The van der Waals surface area contributed by atoms with Crippen molar-refractivity contribution in [2.24, 2.45) is 0 Å². The highest BCUT2D eigenvalue weighted by atomic mass is 16.1. The highest BCUT2D eigenvalue weighted by molar-refractivity contribution is 5.50. The van der Waals surface area contributed by atoms with Gasteiger partial charge in [0.15, 0.2) is 5.82 Å². The van der Waals surface area contributed by atoms with E-state index in [2.05, 4.69) is 26.7 Å². The van der Waals surface area contributed by atoms with Crippen LogP contribution in [-0.4, -0.2) is 26.0 Å². The summed E-state index contributed by atoms with van der Waals surface area (Å²) in [7, 11) is 0. The molecule has 0 aromatic carbocycles. The van der Waals surface area contributed by atoms with Gasteiger partial charge in [-0.15, -0.1) is 5.10 Å². The number of nitriles is 1. The van der Waals surface area contributed by atoms with Crippen molar-refractivity contribution in [3.8, 4) is 6.07 Å². The van der Waals surface area contributed by atoms with Gasteiger partial charge in [-0.1, -0.05) is 0 Å². The molecule has 0 saturated heterocycles. The van der Waals surface area contributed by atoms with Crippen LogP contribution in [0, 0.1) is 18.3 Å². The van der Waals surface area contributed by atoms with Crippen LogP contribution in [0.3, 0.4) is 0 Å². The molecule has 1 aliphatic rings. The lowest BCUT2D eigenvalue weighted by Crippen LogP contribution is -2.33. The molecule has 1 N–H and O–H groups in total. The van der Waals surface area contributed by atoms with Gasteiger partial charge < -0.3 is 5.32 Å². The zero-order valence-electron chi connectivity index (χ0n) is 12.9. The van der Waals surface area contributed by atoms with Gasteiger partial charge in [-0.05, 0) is 44.7 Å². The van der Waals surface area contributed by atoms with Crippen molar-refractivity contribution < 1.29 is 0 Å². The van der Waals surface area contributed by atoms with E-state index in [0.717, 1.165) is 31.4 Å². The Labute approximate surface area is 134 Å². The van der Waals surface area contributed by atoms with Gasteiger partial charge in [0.2, 0.25) is 0 Å². The van der Waals surface area contributed by atoms with E-state index >= 15 is 0 Å². The molecule has 23 heavy (non-hydrogen) atoms. The molecular formula is C16H18N6O. The van der Waals surface area contributed by atoms with E-state index in [4.69, 9.17) is 5.26 Å². The second-order valence-electron chi connectivity index (χ2n) is 5.81. The topological polar surface area (TPSA) is 96.5 Å². The summed E-state index contributed by atoms with van der Waals surface area (Å²) in [5.41, 5.74) is 1.30. The first-order chi connectivity index (χ1) is 11.2. The molecule has 0 bridgehead atoms. The van der Waals surface area contributed by atoms with E-state index < -0.39 is 0 Å². The third-order valence-corrected chi connectivity index (χ3v) is 4.18. The van der Waals surface area contributed by atoms with Crippen LogP contribution in [0.5, 0.6) is 0 Å². The molecule has 118 valence electrons. The maximum Gasteiger partial charge on any atom is 0.267 e. The molecule has 1 aliphatic carbocycles. The molecule has 0 amide bonds. The van der Waals surface area contributed by atoms with E-state index in [1.807, 2.05) is 6.92 Å². The third-order valence-electron chi connectivity index (χ3n) is 4.18. The number of nitrogens with one attached hydrogen (secondary N) is 1. The highest BCUT2D eigenvalue weighted by Gasteiger charge is 2.24. The van der Waals surface area contributed by atoms with Crippen molar-refractivity contribution in [3.05, 3.63) is 46.0 Å². The van der Waals surface area contributed by atoms with Crippen molar-refractivity contribution in [2.45, 2.75) is 44.7 Å². The van der Waals surface area contributed by atoms with Crippen LogP contribution in [0.25, 0.3) is 0 Å². The van der Waals surface area contributed by atoms with Crippen molar-refractivity contribution in [1.29, 1.82) is 5.26 Å². The summed E-state index contributed by atoms with van der Waals surface area (Å²) in [6, 6.07) is 7.45. The first kappa shape index (κ1) is 15.2. The zero-order valence-corrected chi connectivity index (χ0v) is 12.9. The summed E-state index contributed by atoms with van der Waals surface area (Å²) in [6.07, 6.45) is 5.05. The van der Waals surface area contributed by atoms with E-state index in [1.165, 1.54) is 6.20 Å². The number of aromatic nitrogens is 4. The van der Waals surface area contributed by atoms with Gasteiger partial charge in [0.25, 0.3) is 5.56 Å². The van der Waals surface area contributed by atoms with Crippen molar-refractivity contribution in [2.75, 3.05) is 5.32 Å². The van der Waals surface area contributed by atoms with Crippen LogP contribution >= 0.6 is 0 Å². The molecule has 2 aromatic heterocycles. The van der Waals surface area contributed by atoms with Gasteiger partial charge in [-0.25, -0.2) is 4.68 Å². The van der Waals surface area contributed by atoms with Gasteiger partial charge in [0, 0.05) is 12.1 Å². The summed E-state index contributed by atoms with van der Waals surface area (Å²) >= 11 is 0. The monoisotopic (exact) mass is 310 g/mol. The number of hydrogen-bond acceptors (Lipinski definition) is 6. The Balaban J connectivity index is 1.66. The molecule has 0 aliphatic heterocycles. The van der Waals surface area contributed by atoms with Gasteiger partial charge in [0.1, 0.15) is 6.07 Å². The van der Waals surface area contributed by atoms with Gasteiger partial charge in [-0.2, -0.15) is 15.5 Å². The standard InChI is InChI=1S/C16H18N6O/c1-11-2-7-15(23)22(21-11)14-5-3-13(4-6-14)19-16-12(10-17)8-9-18-20-16/h2,7-9,13-14H,3-6H2,1H3,(H,19,20). The maximum atomic E-state index is 12.0. The summed E-state index contributed by atoms with van der Waals surface area (Å²) in [5, 5.41) is 24.6. The fourth-order valence-corrected chi connectivity index (χ4v) is 2.97. The number of aryl methyl sites for hydroxylation is 1. The summed E-state index contributed by atoms with van der Waals surface area (Å²) in [6.45, 7) is 1.89. The molecule has 7 nitrogen and oxygen atoms in total. The van der Waals surface area contributed by atoms with Crippen LogP contribution in [-0.2, 0) is 0 Å². The number of nitrogens with zero attached hydrogens (tertiary/aromatic N) is 5. The zero-order chi connectivity index (χ0) is 16.2. The minimum Gasteiger partial charge on any atom is -0.365 e. The lowest BCUT2D eigenvalue weighted by atomic mass is 9.91.